The van der Waals surface area contributed by atoms with Gasteiger partial charge in [0.05, 0.1) is 0 Å². The van der Waals surface area contributed by atoms with Crippen molar-refractivity contribution >= 4 is 0 Å². The van der Waals surface area contributed by atoms with Crippen molar-refractivity contribution in [3.05, 3.63) is 28.8 Å². The Bertz CT molecular complexity index is 390. The van der Waals surface area contributed by atoms with Crippen LogP contribution < -0.4 is 11.1 Å². The molecule has 1 aromatic rings. The topological polar surface area (TPSA) is 58.3 Å². The number of fused-ring (bicyclic) bond motifs is 1. The second-order valence-corrected chi connectivity index (χ2v) is 4.66. The molecule has 0 radical (unpaired) electrons. The van der Waals surface area contributed by atoms with Crippen LogP contribution in [0.5, 0.6) is 5.75 Å². The van der Waals surface area contributed by atoms with Gasteiger partial charge in [-0.05, 0) is 36.5 Å². The fourth-order valence-corrected chi connectivity index (χ4v) is 2.79. The van der Waals surface area contributed by atoms with Crippen LogP contribution in [-0.2, 0) is 0 Å². The summed E-state index contributed by atoms with van der Waals surface area (Å²) in [6.45, 7) is 5.76. The van der Waals surface area contributed by atoms with Gasteiger partial charge in [-0.3, -0.25) is 0 Å². The summed E-state index contributed by atoms with van der Waals surface area (Å²) in [5, 5.41) is 13.4. The van der Waals surface area contributed by atoms with E-state index in [1.807, 2.05) is 6.07 Å². The van der Waals surface area contributed by atoms with Crippen molar-refractivity contribution < 1.29 is 5.11 Å². The van der Waals surface area contributed by atoms with Crippen LogP contribution >= 0.6 is 0 Å². The minimum atomic E-state index is 0.258. The predicted octanol–water partition coefficient (Wildman–Crippen LogP) is 1.80. The molecule has 0 spiro atoms. The second-order valence-electron chi connectivity index (χ2n) is 4.66. The van der Waals surface area contributed by atoms with Crippen LogP contribution in [0.1, 0.15) is 42.0 Å². The van der Waals surface area contributed by atoms with Crippen molar-refractivity contribution in [3.8, 4) is 5.75 Å². The Morgan fingerprint density at radius 3 is 2.88 bits per heavy atom. The zero-order valence-corrected chi connectivity index (χ0v) is 9.96. The van der Waals surface area contributed by atoms with Crippen molar-refractivity contribution in [2.24, 2.45) is 5.73 Å². The summed E-state index contributed by atoms with van der Waals surface area (Å²) in [6, 6.07) is 4.05. The Balaban J connectivity index is 2.36. The average Bonchev–Trinajstić information content (AvgIpc) is 2.59. The Morgan fingerprint density at radius 1 is 1.44 bits per heavy atom. The zero-order valence-electron chi connectivity index (χ0n) is 9.96. The van der Waals surface area contributed by atoms with Crippen molar-refractivity contribution in [2.75, 3.05) is 13.1 Å². The van der Waals surface area contributed by atoms with Crippen LogP contribution in [0.25, 0.3) is 0 Å². The summed E-state index contributed by atoms with van der Waals surface area (Å²) in [5.74, 6) is 0.928. The van der Waals surface area contributed by atoms with Gasteiger partial charge < -0.3 is 16.2 Å². The predicted molar refractivity (Wildman–Crippen MR) is 65.7 cm³/mol. The highest BCUT2D eigenvalue weighted by Crippen LogP contribution is 2.45. The first-order valence-corrected chi connectivity index (χ1v) is 5.91. The van der Waals surface area contributed by atoms with E-state index in [0.29, 0.717) is 18.2 Å². The second kappa shape index (κ2) is 4.44. The van der Waals surface area contributed by atoms with Crippen LogP contribution in [-0.4, -0.2) is 18.2 Å². The molecule has 1 aliphatic rings. The van der Waals surface area contributed by atoms with E-state index in [-0.39, 0.29) is 6.04 Å². The van der Waals surface area contributed by atoms with Gasteiger partial charge >= 0.3 is 0 Å². The van der Waals surface area contributed by atoms with Crippen molar-refractivity contribution in [1.29, 1.82) is 0 Å². The number of benzene rings is 1. The zero-order chi connectivity index (χ0) is 11.7. The average molecular weight is 220 g/mol. The number of hydrogen-bond acceptors (Lipinski definition) is 3. The van der Waals surface area contributed by atoms with E-state index in [9.17, 15) is 5.11 Å². The molecule has 0 amide bonds. The summed E-state index contributed by atoms with van der Waals surface area (Å²) in [7, 11) is 0. The van der Waals surface area contributed by atoms with E-state index >= 15 is 0 Å². The minimum absolute atomic E-state index is 0.258. The normalized spacial score (nSPS) is 23.4. The van der Waals surface area contributed by atoms with Crippen LogP contribution in [0.2, 0.25) is 0 Å². The molecule has 0 saturated carbocycles. The number of rotatable bonds is 3. The standard InChI is InChI=1S/C13H20N2O/c1-8-3-4-11(16)13-10(15-6-5-14)7-9(2)12(8)13/h3-4,9-10,15-16H,5-7,14H2,1-2H3. The fraction of sp³-hybridized carbons (Fsp3) is 0.538. The van der Waals surface area contributed by atoms with Gasteiger partial charge in [-0.2, -0.15) is 0 Å². The monoisotopic (exact) mass is 220 g/mol. The van der Waals surface area contributed by atoms with Gasteiger partial charge in [-0.15, -0.1) is 0 Å². The summed E-state index contributed by atoms with van der Waals surface area (Å²) in [6.07, 6.45) is 1.05. The Morgan fingerprint density at radius 2 is 2.19 bits per heavy atom. The summed E-state index contributed by atoms with van der Waals surface area (Å²) >= 11 is 0. The number of nitrogens with two attached hydrogens (primary N) is 1. The largest absolute Gasteiger partial charge is 0.508 e. The molecule has 0 aromatic heterocycles. The third-order valence-corrected chi connectivity index (χ3v) is 3.45. The molecule has 3 heteroatoms. The molecule has 88 valence electrons. The van der Waals surface area contributed by atoms with Gasteiger partial charge in [-0.1, -0.05) is 13.0 Å². The molecule has 1 aliphatic carbocycles. The first-order chi connectivity index (χ1) is 7.65. The summed E-state index contributed by atoms with van der Waals surface area (Å²) < 4.78 is 0. The van der Waals surface area contributed by atoms with Gasteiger partial charge in [-0.25, -0.2) is 0 Å². The SMILES string of the molecule is Cc1ccc(O)c2c1C(C)CC2NCCN. The molecular weight excluding hydrogens is 200 g/mol. The van der Waals surface area contributed by atoms with Crippen molar-refractivity contribution in [2.45, 2.75) is 32.2 Å². The van der Waals surface area contributed by atoms with Gasteiger partial charge in [0.1, 0.15) is 5.75 Å². The molecule has 0 heterocycles. The van der Waals surface area contributed by atoms with Gasteiger partial charge in [0.15, 0.2) is 0 Å². The summed E-state index contributed by atoms with van der Waals surface area (Å²) in [5.41, 5.74) is 9.18. The highest BCUT2D eigenvalue weighted by molar-refractivity contribution is 5.50. The van der Waals surface area contributed by atoms with E-state index < -0.39 is 0 Å². The number of aryl methyl sites for hydroxylation is 1. The van der Waals surface area contributed by atoms with E-state index in [2.05, 4.69) is 19.2 Å². The first-order valence-electron chi connectivity index (χ1n) is 5.91. The molecule has 2 atom stereocenters. The van der Waals surface area contributed by atoms with Crippen LogP contribution in [0.4, 0.5) is 0 Å². The molecular formula is C13H20N2O. The van der Waals surface area contributed by atoms with E-state index in [1.54, 1.807) is 6.07 Å². The van der Waals surface area contributed by atoms with Crippen molar-refractivity contribution in [3.63, 3.8) is 0 Å². The molecule has 0 bridgehead atoms. The summed E-state index contributed by atoms with van der Waals surface area (Å²) in [4.78, 5) is 0. The number of phenolic OH excluding ortho intramolecular Hbond substituents is 1. The highest BCUT2D eigenvalue weighted by Gasteiger charge is 2.31. The molecule has 0 saturated heterocycles. The number of phenols is 1. The Hall–Kier alpha value is -1.06. The van der Waals surface area contributed by atoms with E-state index in [4.69, 9.17) is 5.73 Å². The van der Waals surface area contributed by atoms with Crippen LogP contribution in [0.3, 0.4) is 0 Å². The van der Waals surface area contributed by atoms with Crippen molar-refractivity contribution in [1.82, 2.24) is 5.32 Å². The third kappa shape index (κ3) is 1.81. The maximum absolute atomic E-state index is 9.97. The van der Waals surface area contributed by atoms with Gasteiger partial charge in [0, 0.05) is 24.7 Å². The molecule has 4 N–H and O–H groups in total. The van der Waals surface area contributed by atoms with Crippen LogP contribution in [0.15, 0.2) is 12.1 Å². The maximum Gasteiger partial charge on any atom is 0.120 e. The molecule has 16 heavy (non-hydrogen) atoms. The molecule has 0 aliphatic heterocycles. The lowest BCUT2D eigenvalue weighted by Crippen LogP contribution is -2.26. The lowest BCUT2D eigenvalue weighted by molar-refractivity contribution is 0.447. The fourth-order valence-electron chi connectivity index (χ4n) is 2.79. The quantitative estimate of drug-likeness (QED) is 0.728. The maximum atomic E-state index is 9.97. The molecule has 2 rings (SSSR count). The first kappa shape index (κ1) is 11.4. The lowest BCUT2D eigenvalue weighted by atomic mass is 9.97. The van der Waals surface area contributed by atoms with E-state index in [0.717, 1.165) is 18.5 Å². The highest BCUT2D eigenvalue weighted by atomic mass is 16.3. The smallest absolute Gasteiger partial charge is 0.120 e. The number of nitrogens with one attached hydrogen (secondary N) is 1. The molecule has 0 fully saturated rings. The number of hydrogen-bond donors (Lipinski definition) is 3. The number of aromatic hydroxyl groups is 1. The lowest BCUT2D eigenvalue weighted by Gasteiger charge is -2.15. The molecule has 3 nitrogen and oxygen atoms in total. The Kier molecular flexibility index (Phi) is 3.17. The third-order valence-electron chi connectivity index (χ3n) is 3.45. The van der Waals surface area contributed by atoms with Gasteiger partial charge in [0.25, 0.3) is 0 Å². The molecule has 2 unspecified atom stereocenters. The van der Waals surface area contributed by atoms with Crippen LogP contribution in [0, 0.1) is 6.92 Å². The minimum Gasteiger partial charge on any atom is -0.508 e. The van der Waals surface area contributed by atoms with E-state index in [1.165, 1.54) is 11.1 Å². The Labute approximate surface area is 96.7 Å². The molecule has 1 aromatic carbocycles. The van der Waals surface area contributed by atoms with Gasteiger partial charge in [0.2, 0.25) is 0 Å².